The summed E-state index contributed by atoms with van der Waals surface area (Å²) in [6, 6.07) is 6.85. The number of benzene rings is 2. The second-order valence-corrected chi connectivity index (χ2v) is 6.36. The van der Waals surface area contributed by atoms with Gasteiger partial charge in [0, 0.05) is 10.7 Å². The molecule has 1 amide bonds. The van der Waals surface area contributed by atoms with E-state index >= 15 is 0 Å². The maximum Gasteiger partial charge on any atom is 0.416 e. The number of aromatic nitrogens is 3. The second-order valence-electron chi connectivity index (χ2n) is 5.93. The predicted octanol–water partition coefficient (Wildman–Crippen LogP) is 3.32. The molecule has 1 heterocycles. The number of alkyl halides is 3. The third-order valence-corrected chi connectivity index (χ3v) is 4.07. The number of halogens is 4. The van der Waals surface area contributed by atoms with E-state index in [1.54, 1.807) is 0 Å². The van der Waals surface area contributed by atoms with Gasteiger partial charge in [0.2, 0.25) is 0 Å². The van der Waals surface area contributed by atoms with Crippen molar-refractivity contribution in [1.82, 2.24) is 14.8 Å². The molecule has 3 aromatic rings. The molecule has 2 aromatic carbocycles. The van der Waals surface area contributed by atoms with Crippen molar-refractivity contribution in [1.29, 1.82) is 0 Å². The summed E-state index contributed by atoms with van der Waals surface area (Å²) in [5.74, 6) is -1.78. The van der Waals surface area contributed by atoms with Crippen LogP contribution in [0.25, 0.3) is 5.69 Å². The Bertz CT molecular complexity index is 1090. The van der Waals surface area contributed by atoms with E-state index < -0.39 is 30.2 Å². The number of hydrogen-bond donors (Lipinski definition) is 2. The molecule has 0 aliphatic rings. The van der Waals surface area contributed by atoms with Crippen molar-refractivity contribution in [3.05, 3.63) is 65.2 Å². The topological polar surface area (TPSA) is 112 Å². The highest BCUT2D eigenvalue weighted by Gasteiger charge is 2.31. The molecule has 1 aromatic heterocycles. The first-order chi connectivity index (χ1) is 14.1. The van der Waals surface area contributed by atoms with E-state index in [-0.39, 0.29) is 27.6 Å². The molecule has 0 aliphatic heterocycles. The van der Waals surface area contributed by atoms with Crippen molar-refractivity contribution in [3.63, 3.8) is 0 Å². The number of rotatable bonds is 5. The van der Waals surface area contributed by atoms with E-state index in [0.29, 0.717) is 0 Å². The number of ether oxygens (including phenoxy) is 1. The fourth-order valence-electron chi connectivity index (χ4n) is 2.45. The number of nitrogens with one attached hydrogen (secondary N) is 1. The van der Waals surface area contributed by atoms with Crippen LogP contribution in [0, 0.1) is 0 Å². The third kappa shape index (κ3) is 4.87. The zero-order valence-corrected chi connectivity index (χ0v) is 15.7. The van der Waals surface area contributed by atoms with Crippen molar-refractivity contribution >= 4 is 34.9 Å². The molecule has 3 N–H and O–H groups in total. The van der Waals surface area contributed by atoms with Gasteiger partial charge in [-0.25, -0.2) is 14.5 Å². The highest BCUT2D eigenvalue weighted by Crippen LogP contribution is 2.33. The fourth-order valence-corrected chi connectivity index (χ4v) is 2.62. The van der Waals surface area contributed by atoms with Crippen LogP contribution in [0.1, 0.15) is 15.9 Å². The Labute approximate surface area is 172 Å². The average Bonchev–Trinajstić information content (AvgIpc) is 3.22. The van der Waals surface area contributed by atoms with E-state index in [4.69, 9.17) is 22.1 Å². The Hall–Kier alpha value is -3.60. The Kier molecular flexibility index (Phi) is 5.92. The van der Waals surface area contributed by atoms with Crippen LogP contribution >= 0.6 is 11.6 Å². The largest absolute Gasteiger partial charge is 0.452 e. The van der Waals surface area contributed by atoms with Gasteiger partial charge >= 0.3 is 12.1 Å². The number of anilines is 2. The van der Waals surface area contributed by atoms with E-state index in [2.05, 4.69) is 15.4 Å². The van der Waals surface area contributed by atoms with Crippen LogP contribution in [-0.4, -0.2) is 33.2 Å². The highest BCUT2D eigenvalue weighted by atomic mass is 35.5. The van der Waals surface area contributed by atoms with E-state index in [1.165, 1.54) is 35.5 Å². The summed E-state index contributed by atoms with van der Waals surface area (Å²) in [4.78, 5) is 28.0. The Balaban J connectivity index is 1.77. The van der Waals surface area contributed by atoms with E-state index in [0.717, 1.165) is 18.2 Å². The van der Waals surface area contributed by atoms with Crippen LogP contribution in [0.5, 0.6) is 0 Å². The van der Waals surface area contributed by atoms with Gasteiger partial charge in [-0.2, -0.15) is 18.3 Å². The molecule has 0 atom stereocenters. The van der Waals surface area contributed by atoms with Crippen LogP contribution in [0.15, 0.2) is 49.1 Å². The van der Waals surface area contributed by atoms with Gasteiger partial charge in [-0.05, 0) is 36.4 Å². The lowest BCUT2D eigenvalue weighted by Gasteiger charge is -2.14. The van der Waals surface area contributed by atoms with Crippen molar-refractivity contribution in [2.75, 3.05) is 17.7 Å². The van der Waals surface area contributed by atoms with Gasteiger partial charge in [0.15, 0.2) is 6.61 Å². The fraction of sp³-hybridized carbons (Fsp3) is 0.111. The van der Waals surface area contributed by atoms with Crippen LogP contribution in [0.3, 0.4) is 0 Å². The molecule has 8 nitrogen and oxygen atoms in total. The van der Waals surface area contributed by atoms with Crippen LogP contribution in [0.4, 0.5) is 24.5 Å². The number of esters is 1. The van der Waals surface area contributed by atoms with Gasteiger partial charge in [0.1, 0.15) is 12.7 Å². The van der Waals surface area contributed by atoms with E-state index in [9.17, 15) is 22.8 Å². The predicted molar refractivity (Wildman–Crippen MR) is 101 cm³/mol. The molecule has 0 aliphatic carbocycles. The minimum absolute atomic E-state index is 0.0438. The van der Waals surface area contributed by atoms with Crippen molar-refractivity contribution < 1.29 is 27.5 Å². The number of hydrogen-bond acceptors (Lipinski definition) is 6. The van der Waals surface area contributed by atoms with Crippen molar-refractivity contribution in [2.24, 2.45) is 0 Å². The molecule has 0 saturated carbocycles. The standard InChI is InChI=1S/C18H13ClF3N5O3/c19-11-2-3-13(23)12(6-11)17(29)30-7-16(28)26-14-5-10(18(20,21)22)1-4-15(14)27-9-24-8-25-27/h1-6,8-9H,7,23H2,(H,26,28). The van der Waals surface area contributed by atoms with Gasteiger partial charge in [0.25, 0.3) is 5.91 Å². The van der Waals surface area contributed by atoms with Gasteiger partial charge in [0.05, 0.1) is 22.5 Å². The third-order valence-electron chi connectivity index (χ3n) is 3.83. The maximum atomic E-state index is 13.1. The monoisotopic (exact) mass is 439 g/mol. The molecular weight excluding hydrogens is 427 g/mol. The average molecular weight is 440 g/mol. The molecule has 0 bridgehead atoms. The van der Waals surface area contributed by atoms with Gasteiger partial charge in [-0.1, -0.05) is 11.6 Å². The second kappa shape index (κ2) is 8.41. The summed E-state index contributed by atoms with van der Waals surface area (Å²) in [6.45, 7) is -0.766. The lowest BCUT2D eigenvalue weighted by molar-refractivity contribution is -0.137. The summed E-state index contributed by atoms with van der Waals surface area (Å²) < 4.78 is 45.2. The molecular formula is C18H13ClF3N5O3. The molecule has 0 spiro atoms. The summed E-state index contributed by atoms with van der Waals surface area (Å²) in [5, 5.41) is 6.36. The smallest absolute Gasteiger partial charge is 0.416 e. The first-order valence-corrected chi connectivity index (χ1v) is 8.61. The Morgan fingerprint density at radius 2 is 1.97 bits per heavy atom. The number of nitrogen functional groups attached to an aromatic ring is 1. The lowest BCUT2D eigenvalue weighted by Crippen LogP contribution is -2.22. The quantitative estimate of drug-likeness (QED) is 0.466. The first kappa shape index (κ1) is 21.1. The zero-order chi connectivity index (χ0) is 21.9. The molecule has 12 heteroatoms. The number of nitrogens with zero attached hydrogens (tertiary/aromatic N) is 3. The highest BCUT2D eigenvalue weighted by molar-refractivity contribution is 6.31. The first-order valence-electron chi connectivity index (χ1n) is 8.23. The minimum Gasteiger partial charge on any atom is -0.452 e. The Morgan fingerprint density at radius 1 is 1.20 bits per heavy atom. The molecule has 30 heavy (non-hydrogen) atoms. The summed E-state index contributed by atoms with van der Waals surface area (Å²) in [6.07, 6.45) is -2.20. The van der Waals surface area contributed by atoms with Crippen LogP contribution in [0.2, 0.25) is 5.02 Å². The summed E-state index contributed by atoms with van der Waals surface area (Å²) >= 11 is 5.80. The molecule has 156 valence electrons. The molecule has 0 unspecified atom stereocenters. The number of carbonyl (C=O) groups excluding carboxylic acids is 2. The zero-order valence-electron chi connectivity index (χ0n) is 15.0. The summed E-state index contributed by atoms with van der Waals surface area (Å²) in [7, 11) is 0. The minimum atomic E-state index is -4.63. The maximum absolute atomic E-state index is 13.1. The normalized spacial score (nSPS) is 11.2. The number of amides is 1. The van der Waals surface area contributed by atoms with Crippen LogP contribution < -0.4 is 11.1 Å². The lowest BCUT2D eigenvalue weighted by atomic mass is 10.1. The van der Waals surface area contributed by atoms with E-state index in [1.807, 2.05) is 0 Å². The van der Waals surface area contributed by atoms with Gasteiger partial charge < -0.3 is 15.8 Å². The molecule has 0 radical (unpaired) electrons. The SMILES string of the molecule is Nc1ccc(Cl)cc1C(=O)OCC(=O)Nc1cc(C(F)(F)F)ccc1-n1cncn1. The molecule has 3 rings (SSSR count). The Morgan fingerprint density at radius 3 is 2.63 bits per heavy atom. The van der Waals surface area contributed by atoms with Gasteiger partial charge in [-0.15, -0.1) is 0 Å². The van der Waals surface area contributed by atoms with Crippen molar-refractivity contribution in [3.8, 4) is 5.69 Å². The summed E-state index contributed by atoms with van der Waals surface area (Å²) in [5.41, 5.74) is 4.68. The van der Waals surface area contributed by atoms with Crippen LogP contribution in [-0.2, 0) is 15.7 Å². The molecule has 0 saturated heterocycles. The molecule has 0 fully saturated rings. The number of nitrogens with two attached hydrogens (primary N) is 1. The number of carbonyl (C=O) groups is 2. The van der Waals surface area contributed by atoms with Crippen molar-refractivity contribution in [2.45, 2.75) is 6.18 Å². The van der Waals surface area contributed by atoms with Gasteiger partial charge in [-0.3, -0.25) is 4.79 Å².